The van der Waals surface area contributed by atoms with E-state index in [-0.39, 0.29) is 12.1 Å². The number of rotatable bonds is 7. The molecule has 0 bridgehead atoms. The summed E-state index contributed by atoms with van der Waals surface area (Å²) in [6.45, 7) is 6.27. The van der Waals surface area contributed by atoms with E-state index in [1.165, 1.54) is 0 Å². The summed E-state index contributed by atoms with van der Waals surface area (Å²) in [5, 5.41) is 3.37. The number of hydrogen-bond donors (Lipinski definition) is 2. The average molecular weight is 318 g/mol. The van der Waals surface area contributed by atoms with Gasteiger partial charge in [0.05, 0.1) is 0 Å². The standard InChI is InChI=1S/C14H30N4O2S/c1-3-8-15-11-14-6-4-5-9-18(14)21(19,20)16-13-7-10-17(2)12-13/h13-16H,3-12H2,1-2H3. The third-order valence-corrected chi connectivity index (χ3v) is 6.12. The molecule has 0 aromatic rings. The second-order valence-corrected chi connectivity index (χ2v) is 7.99. The van der Waals surface area contributed by atoms with Crippen LogP contribution in [0, 0.1) is 0 Å². The van der Waals surface area contributed by atoms with E-state index in [1.54, 1.807) is 4.31 Å². The molecule has 0 aliphatic carbocycles. The van der Waals surface area contributed by atoms with Gasteiger partial charge in [-0.15, -0.1) is 0 Å². The Morgan fingerprint density at radius 1 is 1.19 bits per heavy atom. The molecule has 2 unspecified atom stereocenters. The monoisotopic (exact) mass is 318 g/mol. The van der Waals surface area contributed by atoms with Crippen LogP contribution in [0.15, 0.2) is 0 Å². The van der Waals surface area contributed by atoms with Gasteiger partial charge in [0.1, 0.15) is 0 Å². The first-order chi connectivity index (χ1) is 10.0. The van der Waals surface area contributed by atoms with E-state index in [1.807, 2.05) is 7.05 Å². The molecule has 2 aliphatic rings. The van der Waals surface area contributed by atoms with E-state index >= 15 is 0 Å². The zero-order valence-corrected chi connectivity index (χ0v) is 14.2. The number of nitrogens with zero attached hydrogens (tertiary/aromatic N) is 2. The molecule has 2 saturated heterocycles. The summed E-state index contributed by atoms with van der Waals surface area (Å²) in [5.41, 5.74) is 0. The van der Waals surface area contributed by atoms with Crippen molar-refractivity contribution in [1.82, 2.24) is 19.2 Å². The molecule has 0 aromatic heterocycles. The van der Waals surface area contributed by atoms with Crippen LogP contribution in [0.5, 0.6) is 0 Å². The minimum absolute atomic E-state index is 0.0613. The van der Waals surface area contributed by atoms with Crippen LogP contribution < -0.4 is 10.0 Å². The van der Waals surface area contributed by atoms with Gasteiger partial charge in [0.2, 0.25) is 0 Å². The topological polar surface area (TPSA) is 64.7 Å². The van der Waals surface area contributed by atoms with Crippen molar-refractivity contribution in [2.45, 2.75) is 51.1 Å². The Bertz CT molecular complexity index is 415. The Morgan fingerprint density at radius 3 is 2.67 bits per heavy atom. The molecule has 2 aliphatic heterocycles. The molecule has 124 valence electrons. The Kier molecular flexibility index (Phi) is 6.43. The fourth-order valence-electron chi connectivity index (χ4n) is 3.25. The Hall–Kier alpha value is -0.210. The van der Waals surface area contributed by atoms with Gasteiger partial charge in [-0.25, -0.2) is 0 Å². The molecule has 21 heavy (non-hydrogen) atoms. The molecule has 7 heteroatoms. The van der Waals surface area contributed by atoms with Crippen molar-refractivity contribution in [3.05, 3.63) is 0 Å². The number of hydrogen-bond acceptors (Lipinski definition) is 4. The zero-order valence-electron chi connectivity index (χ0n) is 13.3. The predicted molar refractivity (Wildman–Crippen MR) is 85.5 cm³/mol. The van der Waals surface area contributed by atoms with Gasteiger partial charge < -0.3 is 10.2 Å². The van der Waals surface area contributed by atoms with E-state index in [2.05, 4.69) is 21.9 Å². The van der Waals surface area contributed by atoms with Crippen molar-refractivity contribution in [2.24, 2.45) is 0 Å². The van der Waals surface area contributed by atoms with Crippen LogP contribution in [0.3, 0.4) is 0 Å². The van der Waals surface area contributed by atoms with Gasteiger partial charge >= 0.3 is 0 Å². The van der Waals surface area contributed by atoms with Crippen molar-refractivity contribution in [1.29, 1.82) is 0 Å². The first kappa shape index (κ1) is 17.1. The molecule has 0 aromatic carbocycles. The molecule has 2 rings (SSSR count). The Balaban J connectivity index is 1.94. The maximum atomic E-state index is 12.7. The lowest BCUT2D eigenvalue weighted by atomic mass is 10.1. The van der Waals surface area contributed by atoms with Crippen LogP contribution >= 0.6 is 0 Å². The summed E-state index contributed by atoms with van der Waals surface area (Å²) >= 11 is 0. The summed E-state index contributed by atoms with van der Waals surface area (Å²) in [4.78, 5) is 2.17. The summed E-state index contributed by atoms with van der Waals surface area (Å²) in [5.74, 6) is 0. The first-order valence-corrected chi connectivity index (χ1v) is 9.65. The summed E-state index contributed by atoms with van der Waals surface area (Å²) < 4.78 is 29.9. The van der Waals surface area contributed by atoms with Crippen LogP contribution in [0.2, 0.25) is 0 Å². The smallest absolute Gasteiger partial charge is 0.280 e. The van der Waals surface area contributed by atoms with Gasteiger partial charge in [0.25, 0.3) is 10.2 Å². The molecule has 0 saturated carbocycles. The molecule has 0 amide bonds. The highest BCUT2D eigenvalue weighted by Crippen LogP contribution is 2.20. The molecule has 2 fully saturated rings. The van der Waals surface area contributed by atoms with Gasteiger partial charge in [-0.2, -0.15) is 17.4 Å². The van der Waals surface area contributed by atoms with Crippen LogP contribution in [-0.2, 0) is 10.2 Å². The second kappa shape index (κ2) is 7.87. The lowest BCUT2D eigenvalue weighted by molar-refractivity contribution is 0.241. The lowest BCUT2D eigenvalue weighted by Crippen LogP contribution is -2.54. The van der Waals surface area contributed by atoms with E-state index in [0.29, 0.717) is 6.54 Å². The van der Waals surface area contributed by atoms with Gasteiger partial charge in [0, 0.05) is 31.7 Å². The molecule has 2 heterocycles. The molecule has 0 radical (unpaired) electrons. The van der Waals surface area contributed by atoms with Crippen molar-refractivity contribution in [3.8, 4) is 0 Å². The first-order valence-electron chi connectivity index (χ1n) is 8.21. The fraction of sp³-hybridized carbons (Fsp3) is 1.00. The van der Waals surface area contributed by atoms with Crippen LogP contribution in [0.4, 0.5) is 0 Å². The maximum absolute atomic E-state index is 12.7. The van der Waals surface area contributed by atoms with E-state index in [0.717, 1.165) is 58.3 Å². The van der Waals surface area contributed by atoms with E-state index < -0.39 is 10.2 Å². The second-order valence-electron chi connectivity index (χ2n) is 6.34. The highest BCUT2D eigenvalue weighted by Gasteiger charge is 2.34. The molecular weight excluding hydrogens is 288 g/mol. The third-order valence-electron chi connectivity index (χ3n) is 4.40. The number of likely N-dealkylation sites (N-methyl/N-ethyl adjacent to an activating group) is 1. The van der Waals surface area contributed by atoms with Crippen LogP contribution in [-0.4, -0.2) is 69.5 Å². The van der Waals surface area contributed by atoms with Crippen molar-refractivity contribution in [3.63, 3.8) is 0 Å². The summed E-state index contributed by atoms with van der Waals surface area (Å²) in [6.07, 6.45) is 5.03. The minimum atomic E-state index is -3.36. The molecule has 2 N–H and O–H groups in total. The summed E-state index contributed by atoms with van der Waals surface area (Å²) in [7, 11) is -1.33. The van der Waals surface area contributed by atoms with Crippen molar-refractivity contribution in [2.75, 3.05) is 39.8 Å². The highest BCUT2D eigenvalue weighted by atomic mass is 32.2. The Labute approximate surface area is 129 Å². The normalized spacial score (nSPS) is 29.0. The molecule has 2 atom stereocenters. The SMILES string of the molecule is CCCNCC1CCCCN1S(=O)(=O)NC1CCN(C)C1. The molecule has 0 spiro atoms. The number of nitrogens with one attached hydrogen (secondary N) is 2. The van der Waals surface area contributed by atoms with E-state index in [4.69, 9.17) is 0 Å². The summed E-state index contributed by atoms with van der Waals surface area (Å²) in [6, 6.07) is 0.160. The quantitative estimate of drug-likeness (QED) is 0.666. The predicted octanol–water partition coefficient (Wildman–Crippen LogP) is 0.379. The molecule has 6 nitrogen and oxygen atoms in total. The molecular formula is C14H30N4O2S. The fourth-order valence-corrected chi connectivity index (χ4v) is 4.94. The van der Waals surface area contributed by atoms with Gasteiger partial charge in [-0.1, -0.05) is 13.3 Å². The maximum Gasteiger partial charge on any atom is 0.280 e. The highest BCUT2D eigenvalue weighted by molar-refractivity contribution is 7.87. The van der Waals surface area contributed by atoms with Crippen LogP contribution in [0.25, 0.3) is 0 Å². The Morgan fingerprint density at radius 2 is 2.00 bits per heavy atom. The van der Waals surface area contributed by atoms with Crippen molar-refractivity contribution >= 4 is 10.2 Å². The van der Waals surface area contributed by atoms with Crippen LogP contribution in [0.1, 0.15) is 39.0 Å². The van der Waals surface area contributed by atoms with Gasteiger partial charge in [-0.05, 0) is 45.8 Å². The zero-order chi connectivity index (χ0) is 15.3. The number of likely N-dealkylation sites (tertiary alicyclic amines) is 1. The largest absolute Gasteiger partial charge is 0.315 e. The van der Waals surface area contributed by atoms with E-state index in [9.17, 15) is 8.42 Å². The lowest BCUT2D eigenvalue weighted by Gasteiger charge is -2.35. The van der Waals surface area contributed by atoms with Crippen molar-refractivity contribution < 1.29 is 8.42 Å². The third kappa shape index (κ3) is 4.89. The van der Waals surface area contributed by atoms with Gasteiger partial charge in [0.15, 0.2) is 0 Å². The number of piperidine rings is 1. The van der Waals surface area contributed by atoms with Gasteiger partial charge in [-0.3, -0.25) is 0 Å². The minimum Gasteiger partial charge on any atom is -0.315 e. The average Bonchev–Trinajstić information content (AvgIpc) is 2.84.